The first-order valence-corrected chi connectivity index (χ1v) is 8.49. The van der Waals surface area contributed by atoms with Crippen LogP contribution in [0.1, 0.15) is 53.4 Å². The number of hydrogen-bond acceptors (Lipinski definition) is 4. The van der Waals surface area contributed by atoms with Crippen LogP contribution in [0.3, 0.4) is 0 Å². The van der Waals surface area contributed by atoms with Crippen LogP contribution in [0.5, 0.6) is 0 Å². The molecule has 0 aliphatic carbocycles. The third-order valence-electron chi connectivity index (χ3n) is 3.72. The minimum absolute atomic E-state index is 0. The van der Waals surface area contributed by atoms with Gasteiger partial charge in [0, 0.05) is 22.6 Å². The maximum Gasteiger partial charge on any atom is 0.0380 e. The first-order valence-electron chi connectivity index (χ1n) is 6.34. The van der Waals surface area contributed by atoms with E-state index >= 15 is 0 Å². The lowest BCUT2D eigenvalue weighted by molar-refractivity contribution is 0.555. The maximum atomic E-state index is 5.92. The van der Waals surface area contributed by atoms with Gasteiger partial charge in [-0.1, -0.05) is 49.3 Å². The minimum atomic E-state index is 0. The third kappa shape index (κ3) is 5.60. The Kier molecular flexibility index (Phi) is 11.7. The highest BCUT2D eigenvalue weighted by atomic mass is 35.5. The summed E-state index contributed by atoms with van der Waals surface area (Å²) in [5.74, 6) is 0. The average Bonchev–Trinajstić information content (AvgIpc) is 2.37. The number of hydrogen-bond donors (Lipinski definition) is 2. The zero-order valence-electron chi connectivity index (χ0n) is 11.6. The molecule has 0 aromatic rings. The van der Waals surface area contributed by atoms with Gasteiger partial charge in [0.05, 0.1) is 0 Å². The van der Waals surface area contributed by atoms with E-state index in [1.165, 1.54) is 0 Å². The van der Waals surface area contributed by atoms with Gasteiger partial charge in [-0.3, -0.25) is 0 Å². The first kappa shape index (κ1) is 20.2. The molecule has 0 atom stereocenters. The lowest BCUT2D eigenvalue weighted by Gasteiger charge is -2.35. The van der Waals surface area contributed by atoms with Crippen LogP contribution in [-0.2, 0) is 0 Å². The predicted molar refractivity (Wildman–Crippen MR) is 87.2 cm³/mol. The van der Waals surface area contributed by atoms with Gasteiger partial charge in [0.25, 0.3) is 0 Å². The van der Waals surface area contributed by atoms with E-state index in [2.05, 4.69) is 27.7 Å². The highest BCUT2D eigenvalue weighted by Crippen LogP contribution is 2.48. The van der Waals surface area contributed by atoms with E-state index in [0.717, 1.165) is 38.8 Å². The summed E-state index contributed by atoms with van der Waals surface area (Å²) in [6.07, 6.45) is 4.52. The van der Waals surface area contributed by atoms with Crippen LogP contribution in [0, 0.1) is 0 Å². The van der Waals surface area contributed by atoms with Crippen LogP contribution < -0.4 is 11.5 Å². The van der Waals surface area contributed by atoms with E-state index < -0.39 is 0 Å². The van der Waals surface area contributed by atoms with Crippen molar-refractivity contribution in [3.63, 3.8) is 0 Å². The van der Waals surface area contributed by atoms with Crippen molar-refractivity contribution in [1.82, 2.24) is 0 Å². The molecule has 0 aromatic heterocycles. The van der Waals surface area contributed by atoms with Gasteiger partial charge in [-0.25, -0.2) is 0 Å². The second-order valence-electron chi connectivity index (χ2n) is 4.36. The summed E-state index contributed by atoms with van der Waals surface area (Å²) in [6.45, 7) is 10.4. The smallest absolute Gasteiger partial charge is 0.0380 e. The molecule has 0 aromatic carbocycles. The van der Waals surface area contributed by atoms with Gasteiger partial charge < -0.3 is 11.5 Å². The van der Waals surface area contributed by atoms with E-state index in [1.807, 2.05) is 21.6 Å². The fourth-order valence-electron chi connectivity index (χ4n) is 1.56. The average molecular weight is 301 g/mol. The van der Waals surface area contributed by atoms with E-state index in [0.29, 0.717) is 0 Å². The monoisotopic (exact) mass is 300 g/mol. The number of nitrogens with two attached hydrogens (primary N) is 2. The standard InChI is InChI=1S/C12H28N2S2.ClH/c1-5-11(6-2,9-13)15-16-12(7-3,8-4)10-14;/h5-10,13-14H2,1-4H3;1H. The molecule has 0 spiro atoms. The molecule has 2 nitrogen and oxygen atoms in total. The molecule has 0 aliphatic heterocycles. The van der Waals surface area contributed by atoms with E-state index in [9.17, 15) is 0 Å². The normalized spacial score (nSPS) is 12.4. The van der Waals surface area contributed by atoms with Crippen molar-refractivity contribution in [3.05, 3.63) is 0 Å². The zero-order valence-corrected chi connectivity index (χ0v) is 14.1. The van der Waals surface area contributed by atoms with Crippen molar-refractivity contribution in [2.45, 2.75) is 62.9 Å². The molecule has 17 heavy (non-hydrogen) atoms. The molecule has 0 saturated heterocycles. The predicted octanol–water partition coefficient (Wildman–Crippen LogP) is 3.82. The summed E-state index contributed by atoms with van der Waals surface area (Å²) in [4.78, 5) is 0. The van der Waals surface area contributed by atoms with Crippen molar-refractivity contribution in [2.24, 2.45) is 11.5 Å². The molecule has 0 aliphatic rings. The summed E-state index contributed by atoms with van der Waals surface area (Å²) in [6, 6.07) is 0. The van der Waals surface area contributed by atoms with Crippen LogP contribution in [0.15, 0.2) is 0 Å². The number of rotatable bonds is 9. The van der Waals surface area contributed by atoms with Gasteiger partial charge in [-0.05, 0) is 25.7 Å². The molecule has 0 fully saturated rings. The first-order chi connectivity index (χ1) is 7.57. The minimum Gasteiger partial charge on any atom is -0.329 e. The van der Waals surface area contributed by atoms with Crippen molar-refractivity contribution in [3.8, 4) is 0 Å². The molecular weight excluding hydrogens is 272 g/mol. The van der Waals surface area contributed by atoms with E-state index in [-0.39, 0.29) is 21.9 Å². The Hall–Kier alpha value is 0.910. The van der Waals surface area contributed by atoms with Gasteiger partial charge in [-0.15, -0.1) is 12.4 Å². The molecule has 5 heteroatoms. The summed E-state index contributed by atoms with van der Waals surface area (Å²) >= 11 is 0. The van der Waals surface area contributed by atoms with Crippen LogP contribution in [0.4, 0.5) is 0 Å². The van der Waals surface area contributed by atoms with Gasteiger partial charge >= 0.3 is 0 Å². The van der Waals surface area contributed by atoms with Gasteiger partial charge in [0.2, 0.25) is 0 Å². The molecule has 4 N–H and O–H groups in total. The molecule has 0 rings (SSSR count). The summed E-state index contributed by atoms with van der Waals surface area (Å²) in [7, 11) is 3.92. The Morgan fingerprint density at radius 1 is 0.706 bits per heavy atom. The Morgan fingerprint density at radius 3 is 1.06 bits per heavy atom. The molecule has 0 radical (unpaired) electrons. The largest absolute Gasteiger partial charge is 0.329 e. The van der Waals surface area contributed by atoms with Crippen LogP contribution in [-0.4, -0.2) is 22.6 Å². The van der Waals surface area contributed by atoms with Gasteiger partial charge in [0.15, 0.2) is 0 Å². The van der Waals surface area contributed by atoms with E-state index in [4.69, 9.17) is 11.5 Å². The summed E-state index contributed by atoms with van der Waals surface area (Å²) < 4.78 is 0.463. The zero-order chi connectivity index (χ0) is 12.7. The van der Waals surface area contributed by atoms with Crippen LogP contribution in [0.2, 0.25) is 0 Å². The Balaban J connectivity index is 0. The molecule has 106 valence electrons. The molecule has 0 amide bonds. The summed E-state index contributed by atoms with van der Waals surface area (Å²) in [5.41, 5.74) is 11.8. The maximum absolute atomic E-state index is 5.92. The van der Waals surface area contributed by atoms with Gasteiger partial charge in [0.1, 0.15) is 0 Å². The highest BCUT2D eigenvalue weighted by Gasteiger charge is 2.32. The Labute approximate surface area is 121 Å². The lowest BCUT2D eigenvalue weighted by Crippen LogP contribution is -2.36. The molecule has 0 bridgehead atoms. The van der Waals surface area contributed by atoms with Crippen molar-refractivity contribution >= 4 is 34.0 Å². The molecular formula is C12H29ClN2S2. The fourth-order valence-corrected chi connectivity index (χ4v) is 5.40. The van der Waals surface area contributed by atoms with Gasteiger partial charge in [-0.2, -0.15) is 0 Å². The SMILES string of the molecule is CCC(CC)(CN)SSC(CC)(CC)CN.Cl. The highest BCUT2D eigenvalue weighted by molar-refractivity contribution is 8.77. The quantitative estimate of drug-likeness (QED) is 0.636. The second kappa shape index (κ2) is 9.79. The van der Waals surface area contributed by atoms with Crippen LogP contribution >= 0.6 is 34.0 Å². The van der Waals surface area contributed by atoms with Crippen molar-refractivity contribution in [2.75, 3.05) is 13.1 Å². The fraction of sp³-hybridized carbons (Fsp3) is 1.00. The van der Waals surface area contributed by atoms with Crippen molar-refractivity contribution < 1.29 is 0 Å². The lowest BCUT2D eigenvalue weighted by atomic mass is 10.0. The van der Waals surface area contributed by atoms with Crippen molar-refractivity contribution in [1.29, 1.82) is 0 Å². The third-order valence-corrected chi connectivity index (χ3v) is 8.37. The van der Waals surface area contributed by atoms with Crippen LogP contribution in [0.25, 0.3) is 0 Å². The molecule has 0 heterocycles. The second-order valence-corrected chi connectivity index (χ2v) is 7.42. The summed E-state index contributed by atoms with van der Waals surface area (Å²) in [5, 5.41) is 0. The Morgan fingerprint density at radius 2 is 0.941 bits per heavy atom. The number of halogens is 1. The molecule has 0 saturated carbocycles. The van der Waals surface area contributed by atoms with E-state index in [1.54, 1.807) is 0 Å². The molecule has 0 unspecified atom stereocenters. The topological polar surface area (TPSA) is 52.0 Å². The Bertz CT molecular complexity index is 147.